The molecule has 54 heavy (non-hydrogen) atoms. The Bertz CT molecular complexity index is 2230. The monoisotopic (exact) mass is 775 g/mol. The van der Waals surface area contributed by atoms with Gasteiger partial charge >= 0.3 is 6.09 Å². The van der Waals surface area contributed by atoms with Crippen molar-refractivity contribution in [3.8, 4) is 0 Å². The number of nitrogens with zero attached hydrogens (tertiary/aromatic N) is 4. The van der Waals surface area contributed by atoms with Crippen LogP contribution in [-0.4, -0.2) is 81.1 Å². The molecule has 5 rings (SSSR count). The van der Waals surface area contributed by atoms with Gasteiger partial charge < -0.3 is 4.74 Å². The van der Waals surface area contributed by atoms with Gasteiger partial charge in [-0.3, -0.25) is 20.1 Å². The average molecular weight is 776 g/mol. The van der Waals surface area contributed by atoms with E-state index in [0.717, 1.165) is 28.3 Å². The highest BCUT2D eigenvalue weighted by molar-refractivity contribution is 7.89. The van der Waals surface area contributed by atoms with E-state index >= 15 is 0 Å². The Morgan fingerprint density at radius 2 is 1.31 bits per heavy atom. The van der Waals surface area contributed by atoms with Gasteiger partial charge in [0.15, 0.2) is 0 Å². The lowest BCUT2D eigenvalue weighted by molar-refractivity contribution is -0.118. The molecular formula is C40H49N5O7S2. The lowest BCUT2D eigenvalue weighted by Gasteiger charge is -2.22. The van der Waals surface area contributed by atoms with Crippen molar-refractivity contribution in [1.82, 2.24) is 18.6 Å². The summed E-state index contributed by atoms with van der Waals surface area (Å²) in [5.74, 6) is -0.680. The Morgan fingerprint density at radius 3 is 1.83 bits per heavy atom. The lowest BCUT2D eigenvalue weighted by atomic mass is 9.89. The number of fused-ring (bicyclic) bond motifs is 1. The molecule has 1 N–H and O–H groups in total. The number of nitrogens with one attached hydrogen (secondary N) is 1. The van der Waals surface area contributed by atoms with Gasteiger partial charge in [0.05, 0.1) is 15.5 Å². The van der Waals surface area contributed by atoms with Crippen LogP contribution in [0.25, 0.3) is 5.57 Å². The van der Waals surface area contributed by atoms with Gasteiger partial charge in [0.2, 0.25) is 20.0 Å². The first kappa shape index (κ1) is 42.0. The fraction of sp³-hybridized carbons (Fsp3) is 0.350. The fourth-order valence-electron chi connectivity index (χ4n) is 5.84. The molecule has 0 bridgehead atoms. The molecule has 2 heterocycles. The zero-order chi connectivity index (χ0) is 40.0. The second-order valence-corrected chi connectivity index (χ2v) is 18.8. The van der Waals surface area contributed by atoms with Gasteiger partial charge in [-0.1, -0.05) is 29.8 Å². The number of ketones is 1. The number of anilines is 1. The summed E-state index contributed by atoms with van der Waals surface area (Å²) in [5, 5.41) is 2.69. The summed E-state index contributed by atoms with van der Waals surface area (Å²) in [5.41, 5.74) is 7.43. The van der Waals surface area contributed by atoms with Gasteiger partial charge in [-0.25, -0.2) is 30.2 Å². The molecule has 4 aromatic rings. The first-order valence-corrected chi connectivity index (χ1v) is 20.2. The average Bonchev–Trinajstić information content (AvgIpc) is 3.41. The molecule has 0 radical (unpaired) electrons. The molecule has 0 saturated carbocycles. The summed E-state index contributed by atoms with van der Waals surface area (Å²) in [6, 6.07) is 17.2. The van der Waals surface area contributed by atoms with E-state index in [1.807, 2.05) is 24.5 Å². The van der Waals surface area contributed by atoms with Crippen molar-refractivity contribution in [2.24, 2.45) is 0 Å². The zero-order valence-electron chi connectivity index (χ0n) is 32.2. The number of amides is 1. The maximum absolute atomic E-state index is 12.5. The number of benzene rings is 2. The highest BCUT2D eigenvalue weighted by atomic mass is 32.2. The van der Waals surface area contributed by atoms with E-state index in [1.54, 1.807) is 71.4 Å². The predicted molar refractivity (Wildman–Crippen MR) is 210 cm³/mol. The Hall–Kier alpha value is -4.76. The summed E-state index contributed by atoms with van der Waals surface area (Å²) >= 11 is 0. The van der Waals surface area contributed by atoms with Crippen molar-refractivity contribution in [3.63, 3.8) is 0 Å². The number of aromatic nitrogens is 2. The summed E-state index contributed by atoms with van der Waals surface area (Å²) in [4.78, 5) is 33.5. The summed E-state index contributed by atoms with van der Waals surface area (Å²) in [6.45, 7) is 8.91. The van der Waals surface area contributed by atoms with E-state index in [0.29, 0.717) is 22.6 Å². The summed E-state index contributed by atoms with van der Waals surface area (Å²) < 4.78 is 56.4. The van der Waals surface area contributed by atoms with Crippen molar-refractivity contribution in [2.75, 3.05) is 33.5 Å². The number of rotatable bonds is 11. The van der Waals surface area contributed by atoms with Gasteiger partial charge in [-0.15, -0.1) is 0 Å². The van der Waals surface area contributed by atoms with Crippen LogP contribution < -0.4 is 5.32 Å². The van der Waals surface area contributed by atoms with E-state index in [2.05, 4.69) is 28.3 Å². The molecule has 1 unspecified atom stereocenters. The van der Waals surface area contributed by atoms with E-state index in [9.17, 15) is 26.4 Å². The topological polar surface area (TPSA) is 156 Å². The molecule has 1 amide bonds. The van der Waals surface area contributed by atoms with Crippen LogP contribution in [-0.2, 0) is 48.8 Å². The zero-order valence-corrected chi connectivity index (χ0v) is 33.9. The highest BCUT2D eigenvalue weighted by Crippen LogP contribution is 2.34. The minimum atomic E-state index is -3.53. The quantitative estimate of drug-likeness (QED) is 0.180. The van der Waals surface area contributed by atoms with Gasteiger partial charge in [0.1, 0.15) is 11.4 Å². The van der Waals surface area contributed by atoms with Crippen molar-refractivity contribution >= 4 is 43.2 Å². The van der Waals surface area contributed by atoms with Crippen LogP contribution in [0.15, 0.2) is 101 Å². The largest absolute Gasteiger partial charge is 0.444 e. The smallest absolute Gasteiger partial charge is 0.412 e. The number of allylic oxidation sites excluding steroid dienone is 2. The standard InChI is InChI=1S/C22H29N3O5S.C18H20N2O2S/c1-15(26)18(13-16-7-9-17(10-8-16)31(28,29)25(5)6)19-14-23-12-11-20(19)24-21(27)30-22(2,3)4;1-13-10-15-8-9-19-12-18(15)17(13)11-14-4-6-16(7-5-14)23(21,22)20(2)3/h7-12,14,18H,13H2,1-6H3,(H,23,24,27);4-9,12H,10-11H2,1-3H3. The van der Waals surface area contributed by atoms with Crippen LogP contribution in [0.1, 0.15) is 68.4 Å². The van der Waals surface area contributed by atoms with E-state index in [4.69, 9.17) is 4.74 Å². The second-order valence-electron chi connectivity index (χ2n) is 14.5. The molecule has 2 aromatic heterocycles. The van der Waals surface area contributed by atoms with Crippen LogP contribution in [0.3, 0.4) is 0 Å². The maximum atomic E-state index is 12.5. The Labute approximate surface area is 319 Å². The van der Waals surface area contributed by atoms with Gasteiger partial charge in [0, 0.05) is 64.5 Å². The Balaban J connectivity index is 0.000000251. The molecule has 0 spiro atoms. The van der Waals surface area contributed by atoms with Gasteiger partial charge in [-0.2, -0.15) is 0 Å². The minimum absolute atomic E-state index is 0.106. The van der Waals surface area contributed by atoms with Crippen LogP contribution in [0.4, 0.5) is 10.5 Å². The number of Topliss-reactive ketones (excluding diaryl/α,β-unsaturated/α-hetero) is 1. The van der Waals surface area contributed by atoms with Gasteiger partial charge in [0.25, 0.3) is 0 Å². The van der Waals surface area contributed by atoms with Crippen molar-refractivity contribution in [1.29, 1.82) is 0 Å². The first-order valence-electron chi connectivity index (χ1n) is 17.3. The molecule has 2 aromatic carbocycles. The van der Waals surface area contributed by atoms with Crippen molar-refractivity contribution in [2.45, 2.75) is 75.2 Å². The SMILES string of the molecule is CC(=O)C(Cc1ccc(S(=O)(=O)N(C)C)cc1)c1cnccc1NC(=O)OC(C)(C)C.CC1=C(Cc2ccc(S(=O)(=O)N(C)C)cc2)c2cnccc2C1. The predicted octanol–water partition coefficient (Wildman–Crippen LogP) is 6.50. The fourth-order valence-corrected chi connectivity index (χ4v) is 7.64. The second kappa shape index (κ2) is 17.1. The van der Waals surface area contributed by atoms with Crippen molar-refractivity contribution < 1.29 is 31.2 Å². The van der Waals surface area contributed by atoms with E-state index in [1.165, 1.54) is 65.9 Å². The Morgan fingerprint density at radius 1 is 0.796 bits per heavy atom. The van der Waals surface area contributed by atoms with Crippen LogP contribution in [0.5, 0.6) is 0 Å². The lowest BCUT2D eigenvalue weighted by Crippen LogP contribution is -2.28. The number of carbonyl (C=O) groups is 2. The molecule has 1 atom stereocenters. The van der Waals surface area contributed by atoms with E-state index < -0.39 is 37.7 Å². The molecule has 1 aliphatic carbocycles. The van der Waals surface area contributed by atoms with E-state index in [-0.39, 0.29) is 10.7 Å². The number of ether oxygens (including phenoxy) is 1. The number of carbonyl (C=O) groups excluding carboxylic acids is 2. The third-order valence-corrected chi connectivity index (χ3v) is 12.4. The summed E-state index contributed by atoms with van der Waals surface area (Å²) in [7, 11) is -0.879. The number of pyridine rings is 2. The third-order valence-electron chi connectivity index (χ3n) is 8.79. The summed E-state index contributed by atoms with van der Waals surface area (Å²) in [6.07, 6.45) is 8.29. The Kier molecular flexibility index (Phi) is 13.3. The number of hydrogen-bond acceptors (Lipinski definition) is 9. The third kappa shape index (κ3) is 10.5. The molecule has 1 aliphatic rings. The maximum Gasteiger partial charge on any atom is 0.412 e. The molecule has 0 aliphatic heterocycles. The molecule has 0 fully saturated rings. The highest BCUT2D eigenvalue weighted by Gasteiger charge is 2.25. The first-order chi connectivity index (χ1) is 25.2. The molecule has 12 nitrogen and oxygen atoms in total. The van der Waals surface area contributed by atoms with Crippen molar-refractivity contribution in [3.05, 3.63) is 119 Å². The normalized spacial score (nSPS) is 13.6. The molecular weight excluding hydrogens is 727 g/mol. The van der Waals surface area contributed by atoms with Crippen LogP contribution in [0.2, 0.25) is 0 Å². The van der Waals surface area contributed by atoms with Gasteiger partial charge in [-0.05, 0) is 118 Å². The number of sulfonamides is 2. The molecule has 288 valence electrons. The molecule has 14 heteroatoms. The van der Waals surface area contributed by atoms with Crippen LogP contribution >= 0.6 is 0 Å². The van der Waals surface area contributed by atoms with Crippen LogP contribution in [0, 0.1) is 0 Å². The molecule has 0 saturated heterocycles. The minimum Gasteiger partial charge on any atom is -0.444 e. The number of hydrogen-bond donors (Lipinski definition) is 1.